The van der Waals surface area contributed by atoms with Crippen LogP contribution in [0, 0.1) is 0 Å². The van der Waals surface area contributed by atoms with Crippen molar-refractivity contribution in [3.05, 3.63) is 42.0 Å². The predicted molar refractivity (Wildman–Crippen MR) is 84.9 cm³/mol. The van der Waals surface area contributed by atoms with E-state index in [9.17, 15) is 0 Å². The van der Waals surface area contributed by atoms with Crippen LogP contribution in [0.4, 0.5) is 0 Å². The number of hydrogen-bond acceptors (Lipinski definition) is 3. The minimum absolute atomic E-state index is 0.201. The van der Waals surface area contributed by atoms with E-state index in [-0.39, 0.29) is 11.5 Å². The second-order valence-electron chi connectivity index (χ2n) is 6.35. The lowest BCUT2D eigenvalue weighted by Crippen LogP contribution is -2.39. The number of hydrogen-bond donors (Lipinski definition) is 0. The maximum Gasteiger partial charge on any atom is 0.119 e. The fraction of sp³-hybridized carbons (Fsp3) is 0.556. The van der Waals surface area contributed by atoms with E-state index in [4.69, 9.17) is 9.47 Å². The van der Waals surface area contributed by atoms with Crippen molar-refractivity contribution in [3.63, 3.8) is 0 Å². The first-order valence-corrected chi connectivity index (χ1v) is 7.78. The first-order valence-electron chi connectivity index (χ1n) is 7.78. The van der Waals surface area contributed by atoms with Crippen molar-refractivity contribution in [2.24, 2.45) is 0 Å². The smallest absolute Gasteiger partial charge is 0.119 e. The zero-order chi connectivity index (χ0) is 14.9. The molecule has 1 spiro atoms. The number of nitrogens with zero attached hydrogens (tertiary/aromatic N) is 1. The Hall–Kier alpha value is -1.32. The highest BCUT2D eigenvalue weighted by molar-refractivity contribution is 5.46. The standard InChI is InChI=1S/C18H25NO2/c1-4-11-21-17-13-18(7-9-19(2)10-8-18)16-12-14(20-3)5-6-15(16)17/h4-6,12,17H,1,7-11,13H2,2-3H3. The second kappa shape index (κ2) is 5.82. The summed E-state index contributed by atoms with van der Waals surface area (Å²) in [7, 11) is 3.95. The minimum Gasteiger partial charge on any atom is -0.497 e. The molecule has 21 heavy (non-hydrogen) atoms. The molecule has 1 aliphatic carbocycles. The lowest BCUT2D eigenvalue weighted by Gasteiger charge is -2.38. The van der Waals surface area contributed by atoms with E-state index >= 15 is 0 Å². The van der Waals surface area contributed by atoms with Gasteiger partial charge in [-0.1, -0.05) is 12.1 Å². The molecule has 0 amide bonds. The minimum atomic E-state index is 0.201. The van der Waals surface area contributed by atoms with Crippen LogP contribution in [0.1, 0.15) is 36.5 Å². The zero-order valence-corrected chi connectivity index (χ0v) is 13.1. The topological polar surface area (TPSA) is 21.7 Å². The molecule has 3 rings (SSSR count). The fourth-order valence-corrected chi connectivity index (χ4v) is 3.83. The molecule has 0 aromatic heterocycles. The van der Waals surface area contributed by atoms with Gasteiger partial charge in [-0.2, -0.15) is 0 Å². The molecule has 2 aliphatic rings. The van der Waals surface area contributed by atoms with Crippen molar-refractivity contribution in [1.82, 2.24) is 4.90 Å². The third-order valence-corrected chi connectivity index (χ3v) is 5.11. The Bertz CT molecular complexity index is 518. The molecule has 0 N–H and O–H groups in total. The molecule has 1 fully saturated rings. The molecule has 0 saturated carbocycles. The monoisotopic (exact) mass is 287 g/mol. The number of methoxy groups -OCH3 is 1. The number of ether oxygens (including phenoxy) is 2. The number of fused-ring (bicyclic) bond motifs is 2. The van der Waals surface area contributed by atoms with Gasteiger partial charge < -0.3 is 14.4 Å². The van der Waals surface area contributed by atoms with Crippen molar-refractivity contribution in [3.8, 4) is 5.75 Å². The lowest BCUT2D eigenvalue weighted by atomic mass is 9.74. The Labute approximate surface area is 127 Å². The van der Waals surface area contributed by atoms with E-state index in [1.54, 1.807) is 7.11 Å². The van der Waals surface area contributed by atoms with Crippen LogP contribution < -0.4 is 4.74 Å². The summed E-state index contributed by atoms with van der Waals surface area (Å²) in [6.07, 6.45) is 5.54. The van der Waals surface area contributed by atoms with Gasteiger partial charge in [0, 0.05) is 5.41 Å². The van der Waals surface area contributed by atoms with E-state index in [0.717, 1.165) is 25.3 Å². The van der Waals surface area contributed by atoms with E-state index in [2.05, 4.69) is 36.7 Å². The Kier molecular flexibility index (Phi) is 4.05. The molecular weight excluding hydrogens is 262 g/mol. The largest absolute Gasteiger partial charge is 0.497 e. The van der Waals surface area contributed by atoms with Crippen LogP contribution in [0.5, 0.6) is 5.75 Å². The number of piperidine rings is 1. The van der Waals surface area contributed by atoms with Gasteiger partial charge in [-0.05, 0) is 62.7 Å². The van der Waals surface area contributed by atoms with Gasteiger partial charge in [-0.25, -0.2) is 0 Å². The Morgan fingerprint density at radius 2 is 2.14 bits per heavy atom. The highest BCUT2D eigenvalue weighted by Gasteiger charge is 2.45. The van der Waals surface area contributed by atoms with Crippen LogP contribution in [0.3, 0.4) is 0 Å². The average molecular weight is 287 g/mol. The third kappa shape index (κ3) is 2.60. The van der Waals surface area contributed by atoms with Crippen LogP contribution in [0.25, 0.3) is 0 Å². The molecule has 1 saturated heterocycles. The highest BCUT2D eigenvalue weighted by atomic mass is 16.5. The van der Waals surface area contributed by atoms with Gasteiger partial charge in [0.05, 0.1) is 19.8 Å². The van der Waals surface area contributed by atoms with Crippen molar-refractivity contribution in [2.45, 2.75) is 30.8 Å². The van der Waals surface area contributed by atoms with Gasteiger partial charge in [-0.15, -0.1) is 6.58 Å². The zero-order valence-electron chi connectivity index (χ0n) is 13.1. The molecule has 1 heterocycles. The van der Waals surface area contributed by atoms with Crippen LogP contribution in [-0.2, 0) is 10.2 Å². The van der Waals surface area contributed by atoms with Gasteiger partial charge in [0.25, 0.3) is 0 Å². The van der Waals surface area contributed by atoms with Crippen LogP contribution >= 0.6 is 0 Å². The molecule has 1 unspecified atom stereocenters. The maximum absolute atomic E-state index is 6.03. The Balaban J connectivity index is 1.95. The molecule has 3 nitrogen and oxygen atoms in total. The van der Waals surface area contributed by atoms with Crippen molar-refractivity contribution < 1.29 is 9.47 Å². The van der Waals surface area contributed by atoms with Gasteiger partial charge >= 0.3 is 0 Å². The molecule has 1 aromatic rings. The molecule has 0 radical (unpaired) electrons. The average Bonchev–Trinajstić information content (AvgIpc) is 2.82. The highest BCUT2D eigenvalue weighted by Crippen LogP contribution is 2.52. The summed E-state index contributed by atoms with van der Waals surface area (Å²) < 4.78 is 11.5. The number of likely N-dealkylation sites (tertiary alicyclic amines) is 1. The summed E-state index contributed by atoms with van der Waals surface area (Å²) in [5.41, 5.74) is 3.06. The quantitative estimate of drug-likeness (QED) is 0.793. The van der Waals surface area contributed by atoms with Crippen molar-refractivity contribution in [1.29, 1.82) is 0 Å². The van der Waals surface area contributed by atoms with Crippen LogP contribution in [0.15, 0.2) is 30.9 Å². The van der Waals surface area contributed by atoms with Gasteiger partial charge in [0.2, 0.25) is 0 Å². The van der Waals surface area contributed by atoms with Crippen molar-refractivity contribution >= 4 is 0 Å². The van der Waals surface area contributed by atoms with E-state index in [0.29, 0.717) is 6.61 Å². The lowest BCUT2D eigenvalue weighted by molar-refractivity contribution is 0.0514. The summed E-state index contributed by atoms with van der Waals surface area (Å²) >= 11 is 0. The summed E-state index contributed by atoms with van der Waals surface area (Å²) in [6.45, 7) is 6.70. The van der Waals surface area contributed by atoms with E-state index in [1.807, 2.05) is 6.08 Å². The molecule has 1 atom stereocenters. The Morgan fingerprint density at radius 3 is 2.81 bits per heavy atom. The second-order valence-corrected chi connectivity index (χ2v) is 6.35. The number of benzene rings is 1. The van der Waals surface area contributed by atoms with Crippen LogP contribution in [0.2, 0.25) is 0 Å². The van der Waals surface area contributed by atoms with Crippen molar-refractivity contribution in [2.75, 3.05) is 33.9 Å². The molecule has 114 valence electrons. The first-order chi connectivity index (χ1) is 10.2. The fourth-order valence-electron chi connectivity index (χ4n) is 3.83. The summed E-state index contributed by atoms with van der Waals surface area (Å²) in [6, 6.07) is 6.48. The van der Waals surface area contributed by atoms with E-state index in [1.165, 1.54) is 24.0 Å². The molecule has 1 aromatic carbocycles. The van der Waals surface area contributed by atoms with Crippen LogP contribution in [-0.4, -0.2) is 38.8 Å². The normalized spacial score (nSPS) is 24.0. The first kappa shape index (κ1) is 14.6. The summed E-state index contributed by atoms with van der Waals surface area (Å²) in [5.74, 6) is 0.955. The molecular formula is C18H25NO2. The molecule has 1 aliphatic heterocycles. The van der Waals surface area contributed by atoms with Gasteiger partial charge in [0.15, 0.2) is 0 Å². The van der Waals surface area contributed by atoms with Gasteiger partial charge in [-0.3, -0.25) is 0 Å². The molecule has 3 heteroatoms. The Morgan fingerprint density at radius 1 is 1.38 bits per heavy atom. The maximum atomic E-state index is 6.03. The SMILES string of the molecule is C=CCOC1CC2(CCN(C)CC2)c2cc(OC)ccc21. The molecule has 0 bridgehead atoms. The predicted octanol–water partition coefficient (Wildman–Crippen LogP) is 3.31. The van der Waals surface area contributed by atoms with E-state index < -0.39 is 0 Å². The summed E-state index contributed by atoms with van der Waals surface area (Å²) in [4.78, 5) is 2.42. The third-order valence-electron chi connectivity index (χ3n) is 5.11. The summed E-state index contributed by atoms with van der Waals surface area (Å²) in [5, 5.41) is 0. The van der Waals surface area contributed by atoms with Gasteiger partial charge in [0.1, 0.15) is 5.75 Å². The number of rotatable bonds is 4.